The van der Waals surface area contributed by atoms with Crippen LogP contribution >= 0.6 is 0 Å². The third-order valence-corrected chi connectivity index (χ3v) is 6.82. The van der Waals surface area contributed by atoms with Gasteiger partial charge in [-0.1, -0.05) is 18.2 Å². The van der Waals surface area contributed by atoms with Crippen LogP contribution < -0.4 is 10.1 Å². The van der Waals surface area contributed by atoms with Gasteiger partial charge in [-0.05, 0) is 54.8 Å². The number of methoxy groups -OCH3 is 1. The molecule has 1 fully saturated rings. The van der Waals surface area contributed by atoms with Crippen molar-refractivity contribution in [2.24, 2.45) is 0 Å². The minimum absolute atomic E-state index is 0.0895. The Bertz CT molecular complexity index is 1220. The van der Waals surface area contributed by atoms with E-state index in [-0.39, 0.29) is 17.9 Å². The Labute approximate surface area is 211 Å². The summed E-state index contributed by atoms with van der Waals surface area (Å²) in [6.07, 6.45) is 4.52. The predicted molar refractivity (Wildman–Crippen MR) is 136 cm³/mol. The molecule has 0 bridgehead atoms. The highest BCUT2D eigenvalue weighted by molar-refractivity contribution is 5.75. The van der Waals surface area contributed by atoms with Gasteiger partial charge in [0.1, 0.15) is 11.6 Å². The summed E-state index contributed by atoms with van der Waals surface area (Å²) in [5.41, 5.74) is 5.23. The Kier molecular flexibility index (Phi) is 7.04. The van der Waals surface area contributed by atoms with Crippen molar-refractivity contribution < 1.29 is 13.9 Å². The van der Waals surface area contributed by atoms with Crippen LogP contribution in [0.4, 0.5) is 9.18 Å². The molecule has 0 spiro atoms. The largest absolute Gasteiger partial charge is 0.497 e. The molecule has 0 unspecified atom stereocenters. The van der Waals surface area contributed by atoms with Crippen molar-refractivity contribution in [3.63, 3.8) is 0 Å². The molecule has 1 N–H and O–H groups in total. The fraction of sp³-hybridized carbons (Fsp3) is 0.357. The van der Waals surface area contributed by atoms with Crippen LogP contribution in [0.2, 0.25) is 0 Å². The zero-order valence-electron chi connectivity index (χ0n) is 20.6. The molecule has 3 aromatic rings. The van der Waals surface area contributed by atoms with Crippen LogP contribution in [0.5, 0.6) is 5.75 Å². The van der Waals surface area contributed by atoms with Crippen molar-refractivity contribution in [1.29, 1.82) is 0 Å². The van der Waals surface area contributed by atoms with Gasteiger partial charge >= 0.3 is 6.03 Å². The molecule has 1 aromatic heterocycles. The van der Waals surface area contributed by atoms with E-state index in [0.717, 1.165) is 67.3 Å². The molecular weight excluding hydrogens is 457 g/mol. The summed E-state index contributed by atoms with van der Waals surface area (Å²) < 4.78 is 20.8. The van der Waals surface area contributed by atoms with E-state index in [9.17, 15) is 9.18 Å². The zero-order valence-corrected chi connectivity index (χ0v) is 20.6. The quantitative estimate of drug-likeness (QED) is 0.452. The first-order chi connectivity index (χ1) is 17.6. The molecule has 0 radical (unpaired) electrons. The molecule has 7 nitrogen and oxygen atoms in total. The second kappa shape index (κ2) is 10.5. The van der Waals surface area contributed by atoms with Crippen LogP contribution in [-0.2, 0) is 26.1 Å². The topological polar surface area (TPSA) is 62.6 Å². The van der Waals surface area contributed by atoms with Crippen molar-refractivity contribution in [2.75, 3.05) is 20.2 Å². The molecular formula is C28H32FN5O2. The monoisotopic (exact) mass is 489 g/mol. The Morgan fingerprint density at radius 1 is 1.22 bits per heavy atom. The molecule has 8 heteroatoms. The average Bonchev–Trinajstić information content (AvgIpc) is 3.68. The third kappa shape index (κ3) is 5.28. The molecule has 0 atom stereocenters. The number of fused-ring (bicyclic) bond motifs is 1. The number of amides is 2. The standard InChI is InChI=1S/C28H32FN5O2/c1-3-15-30-28(35)33(22-10-11-22)19-26-25-18-32(17-20-4-12-24(36-2)13-5-20)16-14-27(25)34(31-26)23-8-6-21(29)7-9-23/h3-9,12-13,22H,1,10-11,14-19H2,2H3,(H,30,35). The summed E-state index contributed by atoms with van der Waals surface area (Å²) in [4.78, 5) is 17.2. The highest BCUT2D eigenvalue weighted by Crippen LogP contribution is 2.32. The number of carbonyl (C=O) groups is 1. The van der Waals surface area contributed by atoms with Gasteiger partial charge in [0.05, 0.1) is 30.7 Å². The Morgan fingerprint density at radius 2 is 1.97 bits per heavy atom. The van der Waals surface area contributed by atoms with Gasteiger partial charge < -0.3 is 15.0 Å². The number of urea groups is 1. The molecule has 5 rings (SSSR count). The molecule has 2 aliphatic rings. The summed E-state index contributed by atoms with van der Waals surface area (Å²) in [5.74, 6) is 0.571. The molecule has 188 valence electrons. The van der Waals surface area contributed by atoms with Crippen LogP contribution in [0.15, 0.2) is 61.2 Å². The predicted octanol–water partition coefficient (Wildman–Crippen LogP) is 4.44. The van der Waals surface area contributed by atoms with Crippen LogP contribution in [0.1, 0.15) is 35.4 Å². The van der Waals surface area contributed by atoms with E-state index in [0.29, 0.717) is 13.1 Å². The van der Waals surface area contributed by atoms with Crippen molar-refractivity contribution in [2.45, 2.75) is 44.9 Å². The number of rotatable bonds is 9. The molecule has 2 amide bonds. The highest BCUT2D eigenvalue weighted by Gasteiger charge is 2.35. The minimum atomic E-state index is -0.274. The normalized spacial score (nSPS) is 15.3. The highest BCUT2D eigenvalue weighted by atomic mass is 19.1. The van der Waals surface area contributed by atoms with E-state index in [1.807, 2.05) is 21.7 Å². The van der Waals surface area contributed by atoms with E-state index in [1.165, 1.54) is 17.7 Å². The molecule has 36 heavy (non-hydrogen) atoms. The number of halogens is 1. The van der Waals surface area contributed by atoms with E-state index in [4.69, 9.17) is 9.84 Å². The number of nitrogens with zero attached hydrogens (tertiary/aromatic N) is 4. The molecule has 1 aliphatic heterocycles. The first kappa shape index (κ1) is 24.1. The lowest BCUT2D eigenvalue weighted by molar-refractivity contribution is 0.191. The van der Waals surface area contributed by atoms with Gasteiger partial charge in [-0.25, -0.2) is 13.9 Å². The van der Waals surface area contributed by atoms with Crippen molar-refractivity contribution in [3.8, 4) is 11.4 Å². The SMILES string of the molecule is C=CCNC(=O)N(Cc1nn(-c2ccc(F)cc2)c2c1CN(Cc1ccc(OC)cc1)CC2)C1CC1. The first-order valence-corrected chi connectivity index (χ1v) is 12.4. The van der Waals surface area contributed by atoms with E-state index in [1.54, 1.807) is 25.3 Å². The number of hydrogen-bond donors (Lipinski definition) is 1. The number of ether oxygens (including phenoxy) is 1. The zero-order chi connectivity index (χ0) is 25.1. The molecule has 1 aliphatic carbocycles. The number of carbonyl (C=O) groups excluding carboxylic acids is 1. The molecule has 0 saturated heterocycles. The number of nitrogens with one attached hydrogen (secondary N) is 1. The fourth-order valence-corrected chi connectivity index (χ4v) is 4.76. The summed E-state index contributed by atoms with van der Waals surface area (Å²) in [6, 6.07) is 14.7. The summed E-state index contributed by atoms with van der Waals surface area (Å²) in [7, 11) is 1.67. The van der Waals surface area contributed by atoms with Crippen LogP contribution in [0.3, 0.4) is 0 Å². The number of hydrogen-bond acceptors (Lipinski definition) is 4. The molecule has 2 aromatic carbocycles. The fourth-order valence-electron chi connectivity index (χ4n) is 4.76. The summed E-state index contributed by atoms with van der Waals surface area (Å²) in [6.45, 7) is 7.02. The van der Waals surface area contributed by atoms with Gasteiger partial charge in [-0.15, -0.1) is 6.58 Å². The van der Waals surface area contributed by atoms with Crippen molar-refractivity contribution in [1.82, 2.24) is 24.9 Å². The Hall–Kier alpha value is -3.65. The van der Waals surface area contributed by atoms with Gasteiger partial charge in [0.2, 0.25) is 0 Å². The average molecular weight is 490 g/mol. The van der Waals surface area contributed by atoms with E-state index in [2.05, 4.69) is 28.9 Å². The van der Waals surface area contributed by atoms with Crippen LogP contribution in [0.25, 0.3) is 5.69 Å². The lowest BCUT2D eigenvalue weighted by atomic mass is 10.0. The maximum Gasteiger partial charge on any atom is 0.318 e. The lowest BCUT2D eigenvalue weighted by Gasteiger charge is -2.28. The van der Waals surface area contributed by atoms with E-state index >= 15 is 0 Å². The van der Waals surface area contributed by atoms with Crippen LogP contribution in [-0.4, -0.2) is 51.9 Å². The van der Waals surface area contributed by atoms with E-state index < -0.39 is 0 Å². The van der Waals surface area contributed by atoms with Crippen LogP contribution in [0, 0.1) is 5.82 Å². The second-order valence-corrected chi connectivity index (χ2v) is 9.40. The van der Waals surface area contributed by atoms with Crippen molar-refractivity contribution >= 4 is 6.03 Å². The number of benzene rings is 2. The molecule has 2 heterocycles. The maximum absolute atomic E-state index is 13.6. The van der Waals surface area contributed by atoms with Gasteiger partial charge in [-0.3, -0.25) is 4.90 Å². The maximum atomic E-state index is 13.6. The first-order valence-electron chi connectivity index (χ1n) is 12.4. The number of aromatic nitrogens is 2. The summed E-state index contributed by atoms with van der Waals surface area (Å²) >= 11 is 0. The second-order valence-electron chi connectivity index (χ2n) is 9.40. The van der Waals surface area contributed by atoms with Gasteiger partial charge in [0.15, 0.2) is 0 Å². The lowest BCUT2D eigenvalue weighted by Crippen LogP contribution is -2.41. The third-order valence-electron chi connectivity index (χ3n) is 6.82. The van der Waals surface area contributed by atoms with Crippen molar-refractivity contribution in [3.05, 3.63) is 89.5 Å². The molecule has 1 saturated carbocycles. The Balaban J connectivity index is 1.43. The van der Waals surface area contributed by atoms with Gasteiger partial charge in [0.25, 0.3) is 0 Å². The van der Waals surface area contributed by atoms with Gasteiger partial charge in [0, 0.05) is 44.2 Å². The smallest absolute Gasteiger partial charge is 0.318 e. The van der Waals surface area contributed by atoms with Gasteiger partial charge in [-0.2, -0.15) is 5.10 Å². The summed E-state index contributed by atoms with van der Waals surface area (Å²) in [5, 5.41) is 7.90. The Morgan fingerprint density at radius 3 is 2.64 bits per heavy atom. The minimum Gasteiger partial charge on any atom is -0.497 e.